The Hall–Kier alpha value is -0.370. The third kappa shape index (κ3) is 2.10. The summed E-state index contributed by atoms with van der Waals surface area (Å²) in [6.07, 6.45) is 5.42. The lowest BCUT2D eigenvalue weighted by Gasteiger charge is -2.23. The second-order valence-electron chi connectivity index (χ2n) is 3.09. The molecule has 0 saturated heterocycles. The normalized spacial score (nSPS) is 33.7. The van der Waals surface area contributed by atoms with E-state index in [1.54, 1.807) is 0 Å². The van der Waals surface area contributed by atoms with Crippen molar-refractivity contribution < 1.29 is 9.90 Å². The summed E-state index contributed by atoms with van der Waals surface area (Å²) in [6, 6.07) is 0. The Bertz CT molecular complexity index is 112. The molecule has 1 aliphatic rings. The first kappa shape index (κ1) is 7.73. The van der Waals surface area contributed by atoms with Gasteiger partial charge in [0.1, 0.15) is 6.29 Å². The summed E-state index contributed by atoms with van der Waals surface area (Å²) < 4.78 is 0. The van der Waals surface area contributed by atoms with Crippen molar-refractivity contribution in [3.05, 3.63) is 0 Å². The van der Waals surface area contributed by atoms with Crippen molar-refractivity contribution in [1.82, 2.24) is 0 Å². The van der Waals surface area contributed by atoms with E-state index in [0.29, 0.717) is 12.3 Å². The minimum Gasteiger partial charge on any atom is -0.393 e. The van der Waals surface area contributed by atoms with E-state index >= 15 is 0 Å². The predicted octanol–water partition coefficient (Wildman–Crippen LogP) is 1.13. The lowest BCUT2D eigenvalue weighted by Crippen LogP contribution is -2.19. The number of aldehydes is 1. The van der Waals surface area contributed by atoms with E-state index in [2.05, 4.69) is 0 Å². The molecule has 0 heterocycles. The minimum absolute atomic E-state index is 0.140. The Kier molecular flexibility index (Phi) is 2.87. The number of carbonyl (C=O) groups excluding carboxylic acids is 1. The predicted molar refractivity (Wildman–Crippen MR) is 38.6 cm³/mol. The smallest absolute Gasteiger partial charge is 0.120 e. The first-order chi connectivity index (χ1) is 4.83. The Morgan fingerprint density at radius 2 is 2.30 bits per heavy atom. The van der Waals surface area contributed by atoms with Crippen LogP contribution >= 0.6 is 0 Å². The van der Waals surface area contributed by atoms with Crippen LogP contribution in [0.2, 0.25) is 0 Å². The van der Waals surface area contributed by atoms with Gasteiger partial charge in [-0.05, 0) is 25.2 Å². The molecule has 0 aromatic heterocycles. The molecule has 2 nitrogen and oxygen atoms in total. The molecule has 0 aromatic carbocycles. The van der Waals surface area contributed by atoms with Crippen molar-refractivity contribution >= 4 is 6.29 Å². The van der Waals surface area contributed by atoms with Crippen molar-refractivity contribution in [1.29, 1.82) is 0 Å². The first-order valence-corrected chi connectivity index (χ1v) is 3.94. The third-order valence-electron chi connectivity index (χ3n) is 2.18. The van der Waals surface area contributed by atoms with Gasteiger partial charge >= 0.3 is 0 Å². The molecule has 1 rings (SSSR count). The molecular weight excluding hydrogens is 128 g/mol. The van der Waals surface area contributed by atoms with E-state index in [0.717, 1.165) is 32.0 Å². The van der Waals surface area contributed by atoms with E-state index in [1.807, 2.05) is 0 Å². The van der Waals surface area contributed by atoms with Crippen LogP contribution in [0.1, 0.15) is 32.1 Å². The largest absolute Gasteiger partial charge is 0.393 e. The number of rotatable bonds is 2. The molecule has 0 radical (unpaired) electrons. The fourth-order valence-corrected chi connectivity index (χ4v) is 1.61. The van der Waals surface area contributed by atoms with E-state index in [1.165, 1.54) is 0 Å². The minimum atomic E-state index is -0.140. The lowest BCUT2D eigenvalue weighted by atomic mass is 9.86. The van der Waals surface area contributed by atoms with Gasteiger partial charge in [-0.3, -0.25) is 0 Å². The maximum atomic E-state index is 10.1. The average Bonchev–Trinajstić information content (AvgIpc) is 1.88. The van der Waals surface area contributed by atoms with E-state index in [-0.39, 0.29) is 6.10 Å². The lowest BCUT2D eigenvalue weighted by molar-refractivity contribution is -0.109. The highest BCUT2D eigenvalue weighted by Crippen LogP contribution is 2.25. The zero-order valence-corrected chi connectivity index (χ0v) is 6.12. The zero-order chi connectivity index (χ0) is 7.40. The summed E-state index contributed by atoms with van der Waals surface area (Å²) in [6.45, 7) is 0. The molecule has 2 heteroatoms. The molecule has 58 valence electrons. The van der Waals surface area contributed by atoms with Gasteiger partial charge in [0.05, 0.1) is 6.10 Å². The first-order valence-electron chi connectivity index (χ1n) is 3.94. The van der Waals surface area contributed by atoms with Gasteiger partial charge in [0.25, 0.3) is 0 Å². The van der Waals surface area contributed by atoms with Gasteiger partial charge in [-0.15, -0.1) is 0 Å². The summed E-state index contributed by atoms with van der Waals surface area (Å²) in [4.78, 5) is 10.1. The van der Waals surface area contributed by atoms with Gasteiger partial charge in [0.15, 0.2) is 0 Å². The summed E-state index contributed by atoms with van der Waals surface area (Å²) in [5.74, 6) is 0.459. The molecule has 0 aromatic rings. The van der Waals surface area contributed by atoms with Crippen molar-refractivity contribution in [3.63, 3.8) is 0 Å². The van der Waals surface area contributed by atoms with E-state index < -0.39 is 0 Å². The Balaban J connectivity index is 2.24. The number of hydrogen-bond donors (Lipinski definition) is 1. The summed E-state index contributed by atoms with van der Waals surface area (Å²) >= 11 is 0. The second-order valence-corrected chi connectivity index (χ2v) is 3.09. The van der Waals surface area contributed by atoms with Crippen LogP contribution in [0.25, 0.3) is 0 Å². The van der Waals surface area contributed by atoms with Crippen LogP contribution in [0.3, 0.4) is 0 Å². The van der Waals surface area contributed by atoms with Crippen LogP contribution in [0.15, 0.2) is 0 Å². The van der Waals surface area contributed by atoms with Crippen molar-refractivity contribution in [2.75, 3.05) is 0 Å². The van der Waals surface area contributed by atoms with Gasteiger partial charge in [-0.2, -0.15) is 0 Å². The zero-order valence-electron chi connectivity index (χ0n) is 6.12. The standard InChI is InChI=1S/C8H14O2/c9-5-4-7-2-1-3-8(10)6-7/h5,7-8,10H,1-4,6H2/t7-,8-/m1/s1. The molecule has 1 aliphatic carbocycles. The van der Waals surface area contributed by atoms with Crippen LogP contribution in [0, 0.1) is 5.92 Å². The highest BCUT2D eigenvalue weighted by Gasteiger charge is 2.18. The molecular formula is C8H14O2. The molecule has 2 atom stereocenters. The molecule has 0 bridgehead atoms. The monoisotopic (exact) mass is 142 g/mol. The molecule has 1 N–H and O–H groups in total. The maximum Gasteiger partial charge on any atom is 0.120 e. The molecule has 0 amide bonds. The SMILES string of the molecule is O=CC[C@H]1CCC[C@@H](O)C1. The summed E-state index contributed by atoms with van der Waals surface area (Å²) in [7, 11) is 0. The average molecular weight is 142 g/mol. The quantitative estimate of drug-likeness (QED) is 0.587. The van der Waals surface area contributed by atoms with Crippen LogP contribution in [-0.4, -0.2) is 17.5 Å². The van der Waals surface area contributed by atoms with Gasteiger partial charge in [-0.25, -0.2) is 0 Å². The molecule has 0 spiro atoms. The van der Waals surface area contributed by atoms with Crippen molar-refractivity contribution in [3.8, 4) is 0 Å². The van der Waals surface area contributed by atoms with Crippen LogP contribution in [-0.2, 0) is 4.79 Å². The number of aliphatic hydroxyl groups excluding tert-OH is 1. The highest BCUT2D eigenvalue weighted by molar-refractivity contribution is 5.49. The highest BCUT2D eigenvalue weighted by atomic mass is 16.3. The Labute approximate surface area is 61.2 Å². The van der Waals surface area contributed by atoms with Gasteiger partial charge < -0.3 is 9.90 Å². The Morgan fingerprint density at radius 3 is 2.90 bits per heavy atom. The summed E-state index contributed by atoms with van der Waals surface area (Å²) in [5, 5.41) is 9.19. The molecule has 0 unspecified atom stereocenters. The third-order valence-corrected chi connectivity index (χ3v) is 2.18. The van der Waals surface area contributed by atoms with Crippen LogP contribution < -0.4 is 0 Å². The fourth-order valence-electron chi connectivity index (χ4n) is 1.61. The van der Waals surface area contributed by atoms with Crippen molar-refractivity contribution in [2.45, 2.75) is 38.2 Å². The van der Waals surface area contributed by atoms with Crippen molar-refractivity contribution in [2.24, 2.45) is 5.92 Å². The van der Waals surface area contributed by atoms with E-state index in [9.17, 15) is 9.90 Å². The molecule has 10 heavy (non-hydrogen) atoms. The number of carbonyl (C=O) groups is 1. The van der Waals surface area contributed by atoms with Crippen LogP contribution in [0.5, 0.6) is 0 Å². The summed E-state index contributed by atoms with van der Waals surface area (Å²) in [5.41, 5.74) is 0. The van der Waals surface area contributed by atoms with E-state index in [4.69, 9.17) is 0 Å². The number of hydrogen-bond acceptors (Lipinski definition) is 2. The van der Waals surface area contributed by atoms with Gasteiger partial charge in [0.2, 0.25) is 0 Å². The molecule has 1 fully saturated rings. The Morgan fingerprint density at radius 1 is 1.50 bits per heavy atom. The van der Waals surface area contributed by atoms with Gasteiger partial charge in [-0.1, -0.05) is 6.42 Å². The molecule has 1 saturated carbocycles. The second kappa shape index (κ2) is 3.71. The molecule has 0 aliphatic heterocycles. The number of aliphatic hydroxyl groups is 1. The topological polar surface area (TPSA) is 37.3 Å². The van der Waals surface area contributed by atoms with Crippen LogP contribution in [0.4, 0.5) is 0 Å². The fraction of sp³-hybridized carbons (Fsp3) is 0.875. The van der Waals surface area contributed by atoms with Gasteiger partial charge in [0, 0.05) is 6.42 Å². The maximum absolute atomic E-state index is 10.1.